The van der Waals surface area contributed by atoms with E-state index in [9.17, 15) is 0 Å². The monoisotopic (exact) mass is 368 g/mol. The molecule has 0 atom stereocenters. The average molecular weight is 370 g/mol. The van der Waals surface area contributed by atoms with E-state index in [0.29, 0.717) is 0 Å². The third-order valence-electron chi connectivity index (χ3n) is 2.70. The molecule has 0 amide bonds. The number of alkyl halides is 1. The van der Waals surface area contributed by atoms with Gasteiger partial charge in [0.05, 0.1) is 4.47 Å². The summed E-state index contributed by atoms with van der Waals surface area (Å²) in [6, 6.07) is 12.3. The van der Waals surface area contributed by atoms with Gasteiger partial charge in [-0.2, -0.15) is 0 Å². The van der Waals surface area contributed by atoms with Crippen molar-refractivity contribution in [2.24, 2.45) is 0 Å². The highest BCUT2D eigenvalue weighted by atomic mass is 79.9. The van der Waals surface area contributed by atoms with Gasteiger partial charge in [0.1, 0.15) is 11.5 Å². The van der Waals surface area contributed by atoms with Crippen molar-refractivity contribution in [2.45, 2.75) is 19.2 Å². The first-order valence-electron chi connectivity index (χ1n) is 5.69. The van der Waals surface area contributed by atoms with Crippen LogP contribution in [0.1, 0.15) is 16.7 Å². The number of halogens is 2. The van der Waals surface area contributed by atoms with Crippen LogP contribution < -0.4 is 4.74 Å². The summed E-state index contributed by atoms with van der Waals surface area (Å²) in [5.74, 6) is 1.74. The molecule has 0 bridgehead atoms. The van der Waals surface area contributed by atoms with E-state index in [4.69, 9.17) is 4.74 Å². The molecule has 94 valence electrons. The summed E-state index contributed by atoms with van der Waals surface area (Å²) >= 11 is 6.98. The molecule has 0 radical (unpaired) electrons. The van der Waals surface area contributed by atoms with Gasteiger partial charge in [-0.3, -0.25) is 0 Å². The summed E-state index contributed by atoms with van der Waals surface area (Å²) < 4.78 is 6.90. The first-order valence-corrected chi connectivity index (χ1v) is 7.61. The van der Waals surface area contributed by atoms with Gasteiger partial charge in [0.15, 0.2) is 0 Å². The molecule has 0 heterocycles. The summed E-state index contributed by atoms with van der Waals surface area (Å²) in [7, 11) is 0. The smallest absolute Gasteiger partial charge is 0.141 e. The Morgan fingerprint density at radius 3 is 2.33 bits per heavy atom. The molecule has 0 aromatic heterocycles. The molecule has 0 spiro atoms. The van der Waals surface area contributed by atoms with Crippen LogP contribution in [0, 0.1) is 13.8 Å². The normalized spacial score (nSPS) is 10.4. The topological polar surface area (TPSA) is 9.23 Å². The molecular weight excluding hydrogens is 356 g/mol. The Labute approximate surface area is 124 Å². The molecule has 0 saturated heterocycles. The van der Waals surface area contributed by atoms with Crippen LogP contribution in [0.5, 0.6) is 11.5 Å². The Morgan fingerprint density at radius 1 is 1.00 bits per heavy atom. The molecule has 18 heavy (non-hydrogen) atoms. The Morgan fingerprint density at radius 2 is 1.72 bits per heavy atom. The van der Waals surface area contributed by atoms with E-state index in [2.05, 4.69) is 70.0 Å². The zero-order valence-electron chi connectivity index (χ0n) is 10.3. The lowest BCUT2D eigenvalue weighted by Crippen LogP contribution is -1.90. The summed E-state index contributed by atoms with van der Waals surface area (Å²) in [5.41, 5.74) is 3.61. The lowest BCUT2D eigenvalue weighted by atomic mass is 10.1. The Kier molecular flexibility index (Phi) is 4.46. The van der Waals surface area contributed by atoms with Gasteiger partial charge in [-0.05, 0) is 59.1 Å². The lowest BCUT2D eigenvalue weighted by molar-refractivity contribution is 0.475. The second-order valence-corrected chi connectivity index (χ2v) is 5.68. The fraction of sp³-hybridized carbons (Fsp3) is 0.200. The number of benzene rings is 2. The molecule has 0 aliphatic rings. The Balaban J connectivity index is 2.28. The average Bonchev–Trinajstić information content (AvgIpc) is 2.34. The van der Waals surface area contributed by atoms with Crippen LogP contribution in [0.15, 0.2) is 40.9 Å². The molecule has 0 aliphatic carbocycles. The van der Waals surface area contributed by atoms with E-state index >= 15 is 0 Å². The van der Waals surface area contributed by atoms with Crippen LogP contribution >= 0.6 is 31.9 Å². The molecule has 0 N–H and O–H groups in total. The zero-order chi connectivity index (χ0) is 13.1. The van der Waals surface area contributed by atoms with E-state index < -0.39 is 0 Å². The highest BCUT2D eigenvalue weighted by Crippen LogP contribution is 2.32. The van der Waals surface area contributed by atoms with E-state index in [1.54, 1.807) is 0 Å². The van der Waals surface area contributed by atoms with Gasteiger partial charge in [-0.15, -0.1) is 0 Å². The van der Waals surface area contributed by atoms with Crippen LogP contribution in [0.2, 0.25) is 0 Å². The lowest BCUT2D eigenvalue weighted by Gasteiger charge is -2.11. The Hall–Kier alpha value is -0.800. The second-order valence-electron chi connectivity index (χ2n) is 4.27. The van der Waals surface area contributed by atoms with Crippen molar-refractivity contribution >= 4 is 31.9 Å². The van der Waals surface area contributed by atoms with Crippen LogP contribution in [-0.2, 0) is 5.33 Å². The highest BCUT2D eigenvalue weighted by Gasteiger charge is 2.06. The number of hydrogen-bond acceptors (Lipinski definition) is 1. The summed E-state index contributed by atoms with van der Waals surface area (Å²) in [6.45, 7) is 4.14. The molecule has 2 aromatic carbocycles. The molecule has 0 fully saturated rings. The summed E-state index contributed by atoms with van der Waals surface area (Å²) in [4.78, 5) is 0. The molecule has 0 unspecified atom stereocenters. The van der Waals surface area contributed by atoms with Crippen molar-refractivity contribution in [2.75, 3.05) is 0 Å². The summed E-state index contributed by atoms with van der Waals surface area (Å²) in [5, 5.41) is 0.843. The minimum Gasteiger partial charge on any atom is -0.456 e. The van der Waals surface area contributed by atoms with Crippen molar-refractivity contribution in [3.05, 3.63) is 57.6 Å². The summed E-state index contributed by atoms with van der Waals surface area (Å²) in [6.07, 6.45) is 0. The van der Waals surface area contributed by atoms with Crippen LogP contribution in [0.25, 0.3) is 0 Å². The van der Waals surface area contributed by atoms with Crippen molar-refractivity contribution in [3.63, 3.8) is 0 Å². The first-order chi connectivity index (χ1) is 8.60. The first kappa shape index (κ1) is 13.6. The van der Waals surface area contributed by atoms with Gasteiger partial charge in [0, 0.05) is 5.33 Å². The molecule has 0 saturated carbocycles. The van der Waals surface area contributed by atoms with Gasteiger partial charge in [-0.1, -0.05) is 39.7 Å². The number of ether oxygens (including phenoxy) is 1. The Bertz CT molecular complexity index is 564. The number of hydrogen-bond donors (Lipinski definition) is 0. The third-order valence-corrected chi connectivity index (χ3v) is 3.97. The van der Waals surface area contributed by atoms with Gasteiger partial charge < -0.3 is 4.74 Å². The van der Waals surface area contributed by atoms with E-state index in [0.717, 1.165) is 26.9 Å². The van der Waals surface area contributed by atoms with Crippen LogP contribution in [0.4, 0.5) is 0 Å². The quantitative estimate of drug-likeness (QED) is 0.625. The molecular formula is C15H14Br2O. The predicted octanol–water partition coefficient (Wildman–Crippen LogP) is 5.75. The van der Waals surface area contributed by atoms with E-state index in [1.807, 2.05) is 12.1 Å². The maximum absolute atomic E-state index is 5.93. The third kappa shape index (κ3) is 3.15. The van der Waals surface area contributed by atoms with Crippen molar-refractivity contribution in [3.8, 4) is 11.5 Å². The molecule has 0 aliphatic heterocycles. The van der Waals surface area contributed by atoms with Gasteiger partial charge in [0.2, 0.25) is 0 Å². The van der Waals surface area contributed by atoms with Gasteiger partial charge in [-0.25, -0.2) is 0 Å². The van der Waals surface area contributed by atoms with Gasteiger partial charge >= 0.3 is 0 Å². The number of aryl methyl sites for hydroxylation is 2. The zero-order valence-corrected chi connectivity index (χ0v) is 13.5. The fourth-order valence-corrected chi connectivity index (χ4v) is 2.60. The molecule has 3 heteroatoms. The minimum absolute atomic E-state index is 0.839. The maximum Gasteiger partial charge on any atom is 0.141 e. The van der Waals surface area contributed by atoms with Gasteiger partial charge in [0.25, 0.3) is 0 Å². The maximum atomic E-state index is 5.93. The van der Waals surface area contributed by atoms with E-state index in [-0.39, 0.29) is 0 Å². The SMILES string of the molecule is Cc1ccc(Oc2ccc(CBr)cc2Br)c(C)c1. The molecule has 2 rings (SSSR count). The second kappa shape index (κ2) is 5.89. The predicted molar refractivity (Wildman–Crippen MR) is 82.8 cm³/mol. The highest BCUT2D eigenvalue weighted by molar-refractivity contribution is 9.10. The van der Waals surface area contributed by atoms with E-state index in [1.165, 1.54) is 11.1 Å². The number of rotatable bonds is 3. The molecule has 2 aromatic rings. The minimum atomic E-state index is 0.839. The van der Waals surface area contributed by atoms with Crippen molar-refractivity contribution in [1.82, 2.24) is 0 Å². The van der Waals surface area contributed by atoms with Crippen molar-refractivity contribution < 1.29 is 4.74 Å². The van der Waals surface area contributed by atoms with Crippen LogP contribution in [0.3, 0.4) is 0 Å². The standard InChI is InChI=1S/C15H14Br2O/c1-10-3-5-14(11(2)7-10)18-15-6-4-12(9-16)8-13(15)17/h3-8H,9H2,1-2H3. The van der Waals surface area contributed by atoms with Crippen LogP contribution in [-0.4, -0.2) is 0 Å². The fourth-order valence-electron chi connectivity index (χ4n) is 1.74. The van der Waals surface area contributed by atoms with Crippen molar-refractivity contribution in [1.29, 1.82) is 0 Å². The largest absolute Gasteiger partial charge is 0.456 e. The molecule has 1 nitrogen and oxygen atoms in total.